The van der Waals surface area contributed by atoms with E-state index in [4.69, 9.17) is 21.4 Å². The minimum Gasteiger partial charge on any atom is -0.500 e. The van der Waals surface area contributed by atoms with Crippen LogP contribution in [0.5, 0.6) is 0 Å². The molecule has 0 saturated heterocycles. The fourth-order valence-corrected chi connectivity index (χ4v) is 3.00. The van der Waals surface area contributed by atoms with Gasteiger partial charge in [-0.25, -0.2) is 0 Å². The van der Waals surface area contributed by atoms with Gasteiger partial charge in [-0.15, -0.1) is 0 Å². The van der Waals surface area contributed by atoms with Crippen LogP contribution in [0.25, 0.3) is 0 Å². The second-order valence-electron chi connectivity index (χ2n) is 5.29. The third-order valence-corrected chi connectivity index (χ3v) is 4.11. The number of rotatable bonds is 6. The van der Waals surface area contributed by atoms with E-state index in [1.807, 2.05) is 30.3 Å². The number of nitrogens with zero attached hydrogens (tertiary/aromatic N) is 1. The standard InChI is InChI=1S/C17H20ClNO3/c1-12(22-2)17(14-7-3-4-8-15(14)18)19-9-5-6-13(11-19)10-16(20)21/h3-4,6-8,17H,1,5,9-11H2,2H3,(H,20,21)/t17-/m1/s1. The molecule has 1 aliphatic heterocycles. The van der Waals surface area contributed by atoms with Gasteiger partial charge in [-0.2, -0.15) is 0 Å². The molecule has 118 valence electrons. The molecule has 22 heavy (non-hydrogen) atoms. The fourth-order valence-electron chi connectivity index (χ4n) is 2.76. The highest BCUT2D eigenvalue weighted by molar-refractivity contribution is 6.31. The third kappa shape index (κ3) is 3.90. The summed E-state index contributed by atoms with van der Waals surface area (Å²) in [4.78, 5) is 13.1. The molecule has 0 amide bonds. The zero-order valence-corrected chi connectivity index (χ0v) is 13.3. The van der Waals surface area contributed by atoms with Gasteiger partial charge in [0.15, 0.2) is 0 Å². The van der Waals surface area contributed by atoms with Gasteiger partial charge in [0, 0.05) is 18.1 Å². The van der Waals surface area contributed by atoms with Crippen LogP contribution in [0.15, 0.2) is 48.3 Å². The fraction of sp³-hybridized carbons (Fsp3) is 0.353. The number of hydrogen-bond donors (Lipinski definition) is 1. The Morgan fingerprint density at radius 2 is 2.23 bits per heavy atom. The van der Waals surface area contributed by atoms with Crippen LogP contribution in [0.1, 0.15) is 24.4 Å². The minimum atomic E-state index is -0.812. The van der Waals surface area contributed by atoms with E-state index >= 15 is 0 Å². The van der Waals surface area contributed by atoms with Crippen molar-refractivity contribution < 1.29 is 14.6 Å². The molecule has 4 nitrogen and oxygen atoms in total. The Hall–Kier alpha value is -1.78. The molecule has 0 aromatic heterocycles. The predicted molar refractivity (Wildman–Crippen MR) is 86.9 cm³/mol. The van der Waals surface area contributed by atoms with Crippen molar-refractivity contribution in [3.05, 3.63) is 58.8 Å². The van der Waals surface area contributed by atoms with E-state index in [1.165, 1.54) is 0 Å². The first-order valence-corrected chi connectivity index (χ1v) is 7.51. The second kappa shape index (κ2) is 7.47. The predicted octanol–water partition coefficient (Wildman–Crippen LogP) is 3.65. The molecule has 0 aliphatic carbocycles. The first kappa shape index (κ1) is 16.6. The first-order chi connectivity index (χ1) is 10.5. The van der Waals surface area contributed by atoms with Crippen LogP contribution in [-0.2, 0) is 9.53 Å². The Kier molecular flexibility index (Phi) is 5.63. The van der Waals surface area contributed by atoms with Gasteiger partial charge in [0.05, 0.1) is 19.6 Å². The summed E-state index contributed by atoms with van der Waals surface area (Å²) in [5.41, 5.74) is 1.83. The summed E-state index contributed by atoms with van der Waals surface area (Å²) in [5, 5.41) is 9.64. The zero-order chi connectivity index (χ0) is 16.1. The minimum absolute atomic E-state index is 0.0607. The molecule has 0 bridgehead atoms. The molecule has 1 aliphatic rings. The van der Waals surface area contributed by atoms with Crippen molar-refractivity contribution >= 4 is 17.6 Å². The largest absolute Gasteiger partial charge is 0.500 e. The summed E-state index contributed by atoms with van der Waals surface area (Å²) in [6.07, 6.45) is 2.87. The number of ether oxygens (including phenoxy) is 1. The maximum atomic E-state index is 10.9. The highest BCUT2D eigenvalue weighted by atomic mass is 35.5. The lowest BCUT2D eigenvalue weighted by Gasteiger charge is -2.35. The van der Waals surface area contributed by atoms with Gasteiger partial charge in [-0.3, -0.25) is 9.69 Å². The number of hydrogen-bond acceptors (Lipinski definition) is 3. The van der Waals surface area contributed by atoms with Crippen LogP contribution in [-0.4, -0.2) is 36.2 Å². The molecular formula is C17H20ClNO3. The van der Waals surface area contributed by atoms with Crippen molar-refractivity contribution in [1.29, 1.82) is 0 Å². The number of aliphatic carboxylic acids is 1. The van der Waals surface area contributed by atoms with E-state index in [2.05, 4.69) is 11.5 Å². The summed E-state index contributed by atoms with van der Waals surface area (Å²) < 4.78 is 5.36. The second-order valence-corrected chi connectivity index (χ2v) is 5.69. The number of methoxy groups -OCH3 is 1. The first-order valence-electron chi connectivity index (χ1n) is 7.14. The number of carboxylic acid groups (broad SMARTS) is 1. The Morgan fingerprint density at radius 1 is 1.50 bits per heavy atom. The lowest BCUT2D eigenvalue weighted by molar-refractivity contribution is -0.136. The molecule has 1 N–H and O–H groups in total. The molecule has 1 aromatic carbocycles. The summed E-state index contributed by atoms with van der Waals surface area (Å²) >= 11 is 6.33. The average molecular weight is 322 g/mol. The summed E-state index contributed by atoms with van der Waals surface area (Å²) in [5.74, 6) is -0.211. The molecule has 1 aromatic rings. The molecule has 5 heteroatoms. The van der Waals surface area contributed by atoms with E-state index in [9.17, 15) is 4.79 Å². The number of carbonyl (C=O) groups is 1. The van der Waals surface area contributed by atoms with Gasteiger partial charge in [0.1, 0.15) is 5.76 Å². The molecule has 0 radical (unpaired) electrons. The van der Waals surface area contributed by atoms with Gasteiger partial charge >= 0.3 is 5.97 Å². The van der Waals surface area contributed by atoms with Crippen molar-refractivity contribution in [3.63, 3.8) is 0 Å². The molecule has 1 atom stereocenters. The molecule has 0 spiro atoms. The zero-order valence-electron chi connectivity index (χ0n) is 12.6. The van der Waals surface area contributed by atoms with Crippen LogP contribution in [0.2, 0.25) is 5.02 Å². The number of halogens is 1. The Labute approximate surface area is 135 Å². The van der Waals surface area contributed by atoms with Gasteiger partial charge < -0.3 is 9.84 Å². The maximum absolute atomic E-state index is 10.9. The Bertz CT molecular complexity index is 597. The Morgan fingerprint density at radius 3 is 2.86 bits per heavy atom. The monoisotopic (exact) mass is 321 g/mol. The maximum Gasteiger partial charge on any atom is 0.307 e. The summed E-state index contributed by atoms with van der Waals surface area (Å²) in [7, 11) is 1.59. The highest BCUT2D eigenvalue weighted by Crippen LogP contribution is 2.34. The van der Waals surface area contributed by atoms with Gasteiger partial charge in [-0.1, -0.05) is 42.5 Å². The molecular weight excluding hydrogens is 302 g/mol. The molecule has 0 fully saturated rings. The smallest absolute Gasteiger partial charge is 0.307 e. The normalized spacial score (nSPS) is 16.7. The Balaban J connectivity index is 2.28. The lowest BCUT2D eigenvalue weighted by Crippen LogP contribution is -2.35. The van der Waals surface area contributed by atoms with E-state index < -0.39 is 5.97 Å². The van der Waals surface area contributed by atoms with Crippen molar-refractivity contribution in [2.24, 2.45) is 0 Å². The van der Waals surface area contributed by atoms with Crippen LogP contribution in [0.3, 0.4) is 0 Å². The highest BCUT2D eigenvalue weighted by Gasteiger charge is 2.28. The van der Waals surface area contributed by atoms with E-state index in [-0.39, 0.29) is 12.5 Å². The number of carboxylic acids is 1. The summed E-state index contributed by atoms with van der Waals surface area (Å²) in [6, 6.07) is 7.41. The molecule has 0 saturated carbocycles. The van der Waals surface area contributed by atoms with Crippen LogP contribution in [0.4, 0.5) is 0 Å². The van der Waals surface area contributed by atoms with E-state index in [0.29, 0.717) is 17.3 Å². The van der Waals surface area contributed by atoms with Crippen molar-refractivity contribution in [3.8, 4) is 0 Å². The van der Waals surface area contributed by atoms with Crippen LogP contribution in [0, 0.1) is 0 Å². The molecule has 1 heterocycles. The SMILES string of the molecule is C=C(OC)[C@H](c1ccccc1Cl)N1CCC=C(CC(=O)O)C1. The third-order valence-electron chi connectivity index (χ3n) is 3.77. The van der Waals surface area contributed by atoms with Crippen molar-refractivity contribution in [2.45, 2.75) is 18.9 Å². The topological polar surface area (TPSA) is 49.8 Å². The lowest BCUT2D eigenvalue weighted by atomic mass is 9.99. The van der Waals surface area contributed by atoms with E-state index in [1.54, 1.807) is 7.11 Å². The van der Waals surface area contributed by atoms with Crippen molar-refractivity contribution in [2.75, 3.05) is 20.2 Å². The van der Waals surface area contributed by atoms with E-state index in [0.717, 1.165) is 24.1 Å². The summed E-state index contributed by atoms with van der Waals surface area (Å²) in [6.45, 7) is 5.37. The van der Waals surface area contributed by atoms with Gasteiger partial charge in [-0.05, 0) is 23.6 Å². The quantitative estimate of drug-likeness (QED) is 0.642. The van der Waals surface area contributed by atoms with Crippen LogP contribution >= 0.6 is 11.6 Å². The molecule has 2 rings (SSSR count). The van der Waals surface area contributed by atoms with Crippen molar-refractivity contribution in [1.82, 2.24) is 4.90 Å². The number of benzene rings is 1. The molecule has 0 unspecified atom stereocenters. The van der Waals surface area contributed by atoms with Gasteiger partial charge in [0.25, 0.3) is 0 Å². The average Bonchev–Trinajstić information content (AvgIpc) is 2.49. The van der Waals surface area contributed by atoms with Gasteiger partial charge in [0.2, 0.25) is 0 Å². The van der Waals surface area contributed by atoms with Crippen LogP contribution < -0.4 is 0 Å².